The minimum Gasteiger partial charge on any atom is -0.465 e. The van der Waals surface area contributed by atoms with E-state index in [2.05, 4.69) is 12.1 Å². The fourth-order valence-corrected chi connectivity index (χ4v) is 3.91. The van der Waals surface area contributed by atoms with E-state index in [1.807, 2.05) is 19.1 Å². The average Bonchev–Trinajstić information content (AvgIpc) is 2.99. The molecule has 6 heteroatoms. The zero-order chi connectivity index (χ0) is 21.2. The van der Waals surface area contributed by atoms with Crippen LogP contribution >= 0.6 is 0 Å². The van der Waals surface area contributed by atoms with Crippen LogP contribution in [0, 0.1) is 5.92 Å². The minimum atomic E-state index is -1.60. The summed E-state index contributed by atoms with van der Waals surface area (Å²) in [5.41, 5.74) is 1.94. The highest BCUT2D eigenvalue weighted by molar-refractivity contribution is 6.18. The average molecular weight is 404 g/mol. The highest BCUT2D eigenvalue weighted by Crippen LogP contribution is 2.32. The van der Waals surface area contributed by atoms with Crippen molar-refractivity contribution < 1.29 is 23.9 Å². The second-order valence-corrected chi connectivity index (χ2v) is 7.30. The molecule has 0 radical (unpaired) electrons. The number of nitrogens with zero attached hydrogens (tertiary/aromatic N) is 1. The molecule has 1 aromatic carbocycles. The molecule has 0 unspecified atom stereocenters. The highest BCUT2D eigenvalue weighted by atomic mass is 16.6. The second kappa shape index (κ2) is 11.6. The quantitative estimate of drug-likeness (QED) is 0.369. The number of carbonyl (C=O) groups is 3. The summed E-state index contributed by atoms with van der Waals surface area (Å²) in [5.74, 6) is -3.40. The minimum absolute atomic E-state index is 0.0875. The molecule has 6 nitrogen and oxygen atoms in total. The van der Waals surface area contributed by atoms with Gasteiger partial charge < -0.3 is 14.4 Å². The molecule has 1 aliphatic carbocycles. The molecule has 2 rings (SSSR count). The van der Waals surface area contributed by atoms with Gasteiger partial charge in [-0.3, -0.25) is 14.4 Å². The molecule has 1 fully saturated rings. The van der Waals surface area contributed by atoms with Crippen LogP contribution in [0.3, 0.4) is 0 Å². The molecule has 29 heavy (non-hydrogen) atoms. The fourth-order valence-electron chi connectivity index (χ4n) is 3.91. The molecule has 0 atom stereocenters. The van der Waals surface area contributed by atoms with Crippen LogP contribution in [0.25, 0.3) is 0 Å². The number of hydrogen-bond donors (Lipinski definition) is 0. The van der Waals surface area contributed by atoms with Crippen LogP contribution in [0.1, 0.15) is 70.8 Å². The Morgan fingerprint density at radius 2 is 1.41 bits per heavy atom. The number of benzene rings is 1. The van der Waals surface area contributed by atoms with Crippen LogP contribution < -0.4 is 4.90 Å². The molecule has 0 aromatic heterocycles. The summed E-state index contributed by atoms with van der Waals surface area (Å²) in [6, 6.07) is 7.92. The fraction of sp³-hybridized carbons (Fsp3) is 0.609. The number of amides is 1. The second-order valence-electron chi connectivity index (χ2n) is 7.30. The number of carbonyl (C=O) groups excluding carboxylic acids is 3. The van der Waals surface area contributed by atoms with Crippen LogP contribution in [-0.2, 0) is 23.9 Å². The number of esters is 2. The summed E-state index contributed by atoms with van der Waals surface area (Å²) in [4.78, 5) is 39.1. The summed E-state index contributed by atoms with van der Waals surface area (Å²) >= 11 is 0. The zero-order valence-electron chi connectivity index (χ0n) is 17.8. The summed E-state index contributed by atoms with van der Waals surface area (Å²) in [6.07, 6.45) is 7.51. The van der Waals surface area contributed by atoms with Gasteiger partial charge in [0.05, 0.1) is 13.2 Å². The molecular formula is C23H33NO5. The largest absolute Gasteiger partial charge is 0.465 e. The first-order chi connectivity index (χ1) is 14.0. The molecule has 0 bridgehead atoms. The van der Waals surface area contributed by atoms with Gasteiger partial charge in [0.25, 0.3) is 5.91 Å². The van der Waals surface area contributed by atoms with Gasteiger partial charge in [-0.15, -0.1) is 0 Å². The first-order valence-corrected chi connectivity index (χ1v) is 10.8. The van der Waals surface area contributed by atoms with Crippen molar-refractivity contribution in [1.82, 2.24) is 0 Å². The maximum absolute atomic E-state index is 13.1. The van der Waals surface area contributed by atoms with Crippen molar-refractivity contribution in [1.29, 1.82) is 0 Å². The van der Waals surface area contributed by atoms with E-state index in [1.54, 1.807) is 13.8 Å². The first-order valence-electron chi connectivity index (χ1n) is 10.8. The van der Waals surface area contributed by atoms with E-state index in [9.17, 15) is 14.4 Å². The maximum atomic E-state index is 13.1. The van der Waals surface area contributed by atoms with Crippen LogP contribution in [0.15, 0.2) is 24.3 Å². The lowest BCUT2D eigenvalue weighted by Gasteiger charge is -2.25. The van der Waals surface area contributed by atoms with Crippen molar-refractivity contribution in [3.63, 3.8) is 0 Å². The number of anilines is 1. The topological polar surface area (TPSA) is 72.9 Å². The predicted molar refractivity (Wildman–Crippen MR) is 112 cm³/mol. The van der Waals surface area contributed by atoms with Crippen molar-refractivity contribution in [2.75, 3.05) is 24.7 Å². The Balaban J connectivity index is 2.21. The molecule has 1 aliphatic rings. The summed E-state index contributed by atoms with van der Waals surface area (Å²) in [7, 11) is 0. The predicted octanol–water partition coefficient (Wildman–Crippen LogP) is 4.22. The van der Waals surface area contributed by atoms with Crippen molar-refractivity contribution >= 4 is 23.5 Å². The normalized spacial score (nSPS) is 14.9. The Morgan fingerprint density at radius 3 is 1.86 bits per heavy atom. The van der Waals surface area contributed by atoms with E-state index in [-0.39, 0.29) is 13.2 Å². The molecule has 0 aliphatic heterocycles. The van der Waals surface area contributed by atoms with Crippen molar-refractivity contribution in [2.24, 2.45) is 5.92 Å². The summed E-state index contributed by atoms with van der Waals surface area (Å²) in [5, 5.41) is 0. The number of rotatable bonds is 8. The monoisotopic (exact) mass is 403 g/mol. The Labute approximate surface area is 173 Å². The lowest BCUT2D eigenvalue weighted by molar-refractivity contribution is -0.163. The summed E-state index contributed by atoms with van der Waals surface area (Å²) in [6.45, 7) is 5.58. The van der Waals surface area contributed by atoms with Gasteiger partial charge in [0.1, 0.15) is 0 Å². The van der Waals surface area contributed by atoms with Crippen molar-refractivity contribution in [3.8, 4) is 0 Å². The van der Waals surface area contributed by atoms with E-state index in [0.29, 0.717) is 18.2 Å². The van der Waals surface area contributed by atoms with E-state index in [4.69, 9.17) is 9.47 Å². The molecule has 0 saturated heterocycles. The first kappa shape index (κ1) is 22.9. The molecule has 0 spiro atoms. The van der Waals surface area contributed by atoms with Crippen LogP contribution in [-0.4, -0.2) is 37.6 Å². The van der Waals surface area contributed by atoms with Crippen LogP contribution in [0.5, 0.6) is 0 Å². The van der Waals surface area contributed by atoms with Gasteiger partial charge in [0, 0.05) is 12.2 Å². The Hall–Kier alpha value is -2.37. The Kier molecular flexibility index (Phi) is 9.16. The zero-order valence-corrected chi connectivity index (χ0v) is 17.8. The van der Waals surface area contributed by atoms with Gasteiger partial charge in [-0.25, -0.2) is 0 Å². The lowest BCUT2D eigenvalue weighted by Crippen LogP contribution is -2.44. The Morgan fingerprint density at radius 1 is 0.897 bits per heavy atom. The molecule has 1 aromatic rings. The maximum Gasteiger partial charge on any atom is 0.330 e. The van der Waals surface area contributed by atoms with Gasteiger partial charge in [-0.1, -0.05) is 37.8 Å². The summed E-state index contributed by atoms with van der Waals surface area (Å²) < 4.78 is 9.89. The van der Waals surface area contributed by atoms with Crippen molar-refractivity contribution in [3.05, 3.63) is 29.8 Å². The number of ether oxygens (including phenoxy) is 2. The van der Waals surface area contributed by atoms with Gasteiger partial charge >= 0.3 is 11.9 Å². The SMILES string of the molecule is CCOC(=O)C(C(=O)OCC)C(=O)N(CC)c1ccc(C2CCCCCC2)cc1. The van der Waals surface area contributed by atoms with E-state index in [1.165, 1.54) is 49.0 Å². The van der Waals surface area contributed by atoms with E-state index >= 15 is 0 Å². The third kappa shape index (κ3) is 6.05. The van der Waals surface area contributed by atoms with Gasteiger partial charge in [-0.05, 0) is 57.2 Å². The highest BCUT2D eigenvalue weighted by Gasteiger charge is 2.40. The third-order valence-corrected chi connectivity index (χ3v) is 5.41. The van der Waals surface area contributed by atoms with E-state index in [0.717, 1.165) is 0 Å². The molecule has 1 amide bonds. The smallest absolute Gasteiger partial charge is 0.330 e. The molecule has 160 valence electrons. The van der Waals surface area contributed by atoms with Gasteiger partial charge in [0.15, 0.2) is 0 Å². The van der Waals surface area contributed by atoms with Crippen LogP contribution in [0.4, 0.5) is 5.69 Å². The molecular weight excluding hydrogens is 370 g/mol. The van der Waals surface area contributed by atoms with Crippen molar-refractivity contribution in [2.45, 2.75) is 65.2 Å². The van der Waals surface area contributed by atoms with Crippen LogP contribution in [0.2, 0.25) is 0 Å². The number of hydrogen-bond acceptors (Lipinski definition) is 5. The Bertz CT molecular complexity index is 659. The van der Waals surface area contributed by atoms with E-state index < -0.39 is 23.8 Å². The molecule has 1 saturated carbocycles. The van der Waals surface area contributed by atoms with Gasteiger partial charge in [0.2, 0.25) is 5.92 Å². The standard InChI is InChI=1S/C23H33NO5/c1-4-24(21(25)20(22(26)28-5-2)23(27)29-6-3)19-15-13-18(14-16-19)17-11-9-7-8-10-12-17/h13-17,20H,4-12H2,1-3H3. The van der Waals surface area contributed by atoms with Gasteiger partial charge in [-0.2, -0.15) is 0 Å². The molecule has 0 N–H and O–H groups in total. The third-order valence-electron chi connectivity index (χ3n) is 5.41. The lowest BCUT2D eigenvalue weighted by atomic mass is 9.91. The molecule has 0 heterocycles.